The first-order chi connectivity index (χ1) is 12.2. The summed E-state index contributed by atoms with van der Waals surface area (Å²) in [6, 6.07) is 11.0. The van der Waals surface area contributed by atoms with Crippen LogP contribution in [0.4, 0.5) is 0 Å². The number of aromatic nitrogens is 2. The van der Waals surface area contributed by atoms with Crippen LogP contribution < -0.4 is 14.8 Å². The Bertz CT molecular complexity index is 948. The van der Waals surface area contributed by atoms with E-state index in [9.17, 15) is 4.79 Å². The number of imidazole rings is 1. The predicted octanol–water partition coefficient (Wildman–Crippen LogP) is 3.00. The van der Waals surface area contributed by atoms with E-state index in [-0.39, 0.29) is 11.9 Å². The number of carbonyl (C=O) groups is 1. The molecule has 2 N–H and O–H groups in total. The number of para-hydroxylation sites is 1. The molecule has 1 aliphatic rings. The van der Waals surface area contributed by atoms with E-state index < -0.39 is 0 Å². The van der Waals surface area contributed by atoms with Crippen molar-refractivity contribution < 1.29 is 14.3 Å². The first-order valence-electron chi connectivity index (χ1n) is 8.25. The number of fused-ring (bicyclic) bond motifs is 2. The first-order valence-corrected chi connectivity index (χ1v) is 8.25. The minimum absolute atomic E-state index is 0.163. The fourth-order valence-electron chi connectivity index (χ4n) is 3.08. The van der Waals surface area contributed by atoms with Crippen molar-refractivity contribution in [2.75, 3.05) is 13.7 Å². The quantitative estimate of drug-likeness (QED) is 0.767. The van der Waals surface area contributed by atoms with E-state index in [0.717, 1.165) is 28.8 Å². The fourth-order valence-corrected chi connectivity index (χ4v) is 3.08. The normalized spacial score (nSPS) is 14.0. The fraction of sp³-hybridized carbons (Fsp3) is 0.263. The largest absolute Gasteiger partial charge is 0.497 e. The average molecular weight is 337 g/mol. The minimum Gasteiger partial charge on any atom is -0.497 e. The second-order valence-electron chi connectivity index (χ2n) is 6.09. The van der Waals surface area contributed by atoms with Crippen LogP contribution in [0.1, 0.15) is 34.7 Å². The van der Waals surface area contributed by atoms with Crippen molar-refractivity contribution in [2.24, 2.45) is 0 Å². The standard InChI is InChI=1S/C19H19N3O3/c1-11(18-21-15-7-6-13(24-2)10-16(15)22-18)20-19(23)14-5-3-4-12-8-9-25-17(12)14/h3-7,10-11H,8-9H2,1-2H3,(H,20,23)(H,21,22). The van der Waals surface area contributed by atoms with Crippen LogP contribution >= 0.6 is 0 Å². The van der Waals surface area contributed by atoms with E-state index >= 15 is 0 Å². The van der Waals surface area contributed by atoms with Crippen molar-refractivity contribution in [3.63, 3.8) is 0 Å². The summed E-state index contributed by atoms with van der Waals surface area (Å²) in [7, 11) is 1.63. The van der Waals surface area contributed by atoms with Gasteiger partial charge in [0.05, 0.1) is 36.4 Å². The number of carbonyl (C=O) groups excluding carboxylic acids is 1. The van der Waals surface area contributed by atoms with Gasteiger partial charge in [-0.25, -0.2) is 4.98 Å². The summed E-state index contributed by atoms with van der Waals surface area (Å²) in [6.07, 6.45) is 0.845. The predicted molar refractivity (Wildman–Crippen MR) is 94.2 cm³/mol. The van der Waals surface area contributed by atoms with Gasteiger partial charge in [-0.3, -0.25) is 4.79 Å². The third kappa shape index (κ3) is 2.80. The number of H-pyrrole nitrogens is 1. The summed E-state index contributed by atoms with van der Waals surface area (Å²) in [5, 5.41) is 2.99. The molecule has 0 saturated heterocycles. The summed E-state index contributed by atoms with van der Waals surface area (Å²) in [5.41, 5.74) is 3.36. The number of nitrogens with one attached hydrogen (secondary N) is 2. The number of rotatable bonds is 4. The van der Waals surface area contributed by atoms with Gasteiger partial charge in [0, 0.05) is 12.5 Å². The Labute approximate surface area is 145 Å². The third-order valence-electron chi connectivity index (χ3n) is 4.42. The van der Waals surface area contributed by atoms with E-state index in [1.54, 1.807) is 13.2 Å². The minimum atomic E-state index is -0.261. The molecule has 0 saturated carbocycles. The van der Waals surface area contributed by atoms with E-state index in [1.807, 2.05) is 37.3 Å². The highest BCUT2D eigenvalue weighted by molar-refractivity contribution is 5.97. The van der Waals surface area contributed by atoms with Crippen molar-refractivity contribution in [1.29, 1.82) is 0 Å². The molecule has 2 aromatic carbocycles. The van der Waals surface area contributed by atoms with E-state index in [0.29, 0.717) is 23.7 Å². The highest BCUT2D eigenvalue weighted by Crippen LogP contribution is 2.30. The van der Waals surface area contributed by atoms with Crippen LogP contribution in [0.2, 0.25) is 0 Å². The van der Waals surface area contributed by atoms with Gasteiger partial charge >= 0.3 is 0 Å². The van der Waals surface area contributed by atoms with Crippen LogP contribution in [-0.4, -0.2) is 29.6 Å². The molecule has 1 atom stereocenters. The van der Waals surface area contributed by atoms with Gasteiger partial charge in [-0.05, 0) is 30.7 Å². The van der Waals surface area contributed by atoms with Crippen LogP contribution in [0, 0.1) is 0 Å². The van der Waals surface area contributed by atoms with Crippen LogP contribution in [0.25, 0.3) is 11.0 Å². The van der Waals surface area contributed by atoms with Gasteiger partial charge < -0.3 is 19.8 Å². The Morgan fingerprint density at radius 1 is 1.36 bits per heavy atom. The maximum atomic E-state index is 12.7. The number of nitrogens with zero attached hydrogens (tertiary/aromatic N) is 1. The molecule has 0 radical (unpaired) electrons. The Morgan fingerprint density at radius 2 is 2.24 bits per heavy atom. The van der Waals surface area contributed by atoms with Crippen molar-refractivity contribution in [2.45, 2.75) is 19.4 Å². The van der Waals surface area contributed by atoms with Crippen LogP contribution in [-0.2, 0) is 6.42 Å². The SMILES string of the molecule is COc1ccc2nc(C(C)NC(=O)c3cccc4c3OCC4)[nH]c2c1. The van der Waals surface area contributed by atoms with Gasteiger partial charge in [0.25, 0.3) is 5.91 Å². The number of hydrogen-bond donors (Lipinski definition) is 2. The Kier molecular flexibility index (Phi) is 3.80. The zero-order chi connectivity index (χ0) is 17.4. The van der Waals surface area contributed by atoms with E-state index in [1.165, 1.54) is 0 Å². The topological polar surface area (TPSA) is 76.2 Å². The lowest BCUT2D eigenvalue weighted by Crippen LogP contribution is -2.27. The van der Waals surface area contributed by atoms with Crippen LogP contribution in [0.15, 0.2) is 36.4 Å². The maximum Gasteiger partial charge on any atom is 0.255 e. The molecule has 0 bridgehead atoms. The molecule has 0 aliphatic carbocycles. The van der Waals surface area contributed by atoms with Crippen molar-refractivity contribution >= 4 is 16.9 Å². The molecule has 1 aliphatic heterocycles. The monoisotopic (exact) mass is 337 g/mol. The summed E-state index contributed by atoms with van der Waals surface area (Å²) >= 11 is 0. The average Bonchev–Trinajstić information content (AvgIpc) is 3.26. The molecule has 6 heteroatoms. The number of ether oxygens (including phenoxy) is 2. The van der Waals surface area contributed by atoms with Crippen LogP contribution in [0.5, 0.6) is 11.5 Å². The van der Waals surface area contributed by atoms with Gasteiger partial charge in [-0.2, -0.15) is 0 Å². The highest BCUT2D eigenvalue weighted by atomic mass is 16.5. The lowest BCUT2D eigenvalue weighted by Gasteiger charge is -2.13. The molecule has 0 spiro atoms. The number of methoxy groups -OCH3 is 1. The molecule has 1 unspecified atom stereocenters. The summed E-state index contributed by atoms with van der Waals surface area (Å²) in [5.74, 6) is 1.99. The lowest BCUT2D eigenvalue weighted by molar-refractivity contribution is 0.0935. The Hall–Kier alpha value is -3.02. The summed E-state index contributed by atoms with van der Waals surface area (Å²) < 4.78 is 10.8. The molecule has 25 heavy (non-hydrogen) atoms. The third-order valence-corrected chi connectivity index (χ3v) is 4.42. The van der Waals surface area contributed by atoms with Gasteiger partial charge in [-0.1, -0.05) is 12.1 Å². The molecular weight excluding hydrogens is 318 g/mol. The van der Waals surface area contributed by atoms with Crippen LogP contribution in [0.3, 0.4) is 0 Å². The summed E-state index contributed by atoms with van der Waals surface area (Å²) in [6.45, 7) is 2.53. The summed E-state index contributed by atoms with van der Waals surface area (Å²) in [4.78, 5) is 20.4. The molecule has 0 fully saturated rings. The smallest absolute Gasteiger partial charge is 0.255 e. The van der Waals surface area contributed by atoms with E-state index in [4.69, 9.17) is 9.47 Å². The number of amides is 1. The molecule has 6 nitrogen and oxygen atoms in total. The molecule has 1 amide bonds. The molecule has 1 aromatic heterocycles. The van der Waals surface area contributed by atoms with Crippen molar-refractivity contribution in [3.8, 4) is 11.5 Å². The van der Waals surface area contributed by atoms with E-state index in [2.05, 4.69) is 15.3 Å². The van der Waals surface area contributed by atoms with Gasteiger partial charge in [-0.15, -0.1) is 0 Å². The Morgan fingerprint density at radius 3 is 3.08 bits per heavy atom. The molecular formula is C19H19N3O3. The zero-order valence-electron chi connectivity index (χ0n) is 14.1. The van der Waals surface area contributed by atoms with Crippen molar-refractivity contribution in [3.05, 3.63) is 53.3 Å². The van der Waals surface area contributed by atoms with Gasteiger partial charge in [0.2, 0.25) is 0 Å². The molecule has 128 valence electrons. The van der Waals surface area contributed by atoms with Gasteiger partial charge in [0.1, 0.15) is 17.3 Å². The van der Waals surface area contributed by atoms with Gasteiger partial charge in [0.15, 0.2) is 0 Å². The number of benzene rings is 2. The number of aromatic amines is 1. The lowest BCUT2D eigenvalue weighted by atomic mass is 10.1. The number of hydrogen-bond acceptors (Lipinski definition) is 4. The Balaban J connectivity index is 1.56. The molecule has 4 rings (SSSR count). The second-order valence-corrected chi connectivity index (χ2v) is 6.09. The highest BCUT2D eigenvalue weighted by Gasteiger charge is 2.22. The zero-order valence-corrected chi connectivity index (χ0v) is 14.1. The first kappa shape index (κ1) is 15.5. The molecule has 3 aromatic rings. The second kappa shape index (κ2) is 6.12. The van der Waals surface area contributed by atoms with Crippen molar-refractivity contribution in [1.82, 2.24) is 15.3 Å². The molecule has 2 heterocycles. The maximum absolute atomic E-state index is 12.7.